The van der Waals surface area contributed by atoms with Crippen molar-refractivity contribution in [1.29, 1.82) is 0 Å². The van der Waals surface area contributed by atoms with Crippen molar-refractivity contribution < 1.29 is 22.7 Å². The standard InChI is InChI=1S/C15H20F3N3O2/c1-14(2)9-20(8-11(23-14)15(16,17)18)13(22)12-19-7-10-5-3-4-6-21(10)12/h7,11H,3-6,8-9H2,1-2H3. The first-order valence-electron chi connectivity index (χ1n) is 7.75. The summed E-state index contributed by atoms with van der Waals surface area (Å²) in [6.45, 7) is 3.43. The molecular weight excluding hydrogens is 311 g/mol. The third kappa shape index (κ3) is 3.22. The van der Waals surface area contributed by atoms with Gasteiger partial charge in [-0.1, -0.05) is 0 Å². The average Bonchev–Trinajstić information content (AvgIpc) is 2.87. The maximum absolute atomic E-state index is 13.1. The van der Waals surface area contributed by atoms with Crippen LogP contribution in [0.4, 0.5) is 13.2 Å². The van der Waals surface area contributed by atoms with E-state index in [1.807, 2.05) is 4.57 Å². The lowest BCUT2D eigenvalue weighted by Crippen LogP contribution is -2.58. The zero-order chi connectivity index (χ0) is 16.8. The van der Waals surface area contributed by atoms with Crippen molar-refractivity contribution >= 4 is 5.91 Å². The Morgan fingerprint density at radius 1 is 1.39 bits per heavy atom. The summed E-state index contributed by atoms with van der Waals surface area (Å²) in [7, 11) is 0. The fourth-order valence-corrected chi connectivity index (χ4v) is 3.26. The quantitative estimate of drug-likeness (QED) is 0.794. The molecule has 8 heteroatoms. The second kappa shape index (κ2) is 5.51. The van der Waals surface area contributed by atoms with E-state index in [9.17, 15) is 18.0 Å². The van der Waals surface area contributed by atoms with Crippen LogP contribution in [-0.4, -0.2) is 51.3 Å². The van der Waals surface area contributed by atoms with Crippen LogP contribution in [0.1, 0.15) is 43.0 Å². The first-order chi connectivity index (χ1) is 10.7. The van der Waals surface area contributed by atoms with Crippen LogP contribution in [-0.2, 0) is 17.7 Å². The summed E-state index contributed by atoms with van der Waals surface area (Å²) in [6.07, 6.45) is -1.98. The minimum absolute atomic E-state index is 0.112. The molecule has 3 heterocycles. The predicted molar refractivity (Wildman–Crippen MR) is 76.1 cm³/mol. The molecular formula is C15H20F3N3O2. The number of carbonyl (C=O) groups excluding carboxylic acids is 1. The van der Waals surface area contributed by atoms with Gasteiger partial charge < -0.3 is 14.2 Å². The number of halogens is 3. The molecule has 23 heavy (non-hydrogen) atoms. The number of ether oxygens (including phenoxy) is 1. The number of rotatable bonds is 1. The zero-order valence-electron chi connectivity index (χ0n) is 13.2. The molecule has 0 radical (unpaired) electrons. The second-order valence-corrected chi connectivity index (χ2v) is 6.78. The first-order valence-corrected chi connectivity index (χ1v) is 7.75. The van der Waals surface area contributed by atoms with E-state index >= 15 is 0 Å². The molecule has 128 valence electrons. The zero-order valence-corrected chi connectivity index (χ0v) is 13.2. The number of fused-ring (bicyclic) bond motifs is 1. The molecule has 0 aromatic carbocycles. The van der Waals surface area contributed by atoms with Gasteiger partial charge in [0, 0.05) is 25.0 Å². The maximum Gasteiger partial charge on any atom is 0.416 e. The van der Waals surface area contributed by atoms with E-state index in [4.69, 9.17) is 4.74 Å². The van der Waals surface area contributed by atoms with Crippen LogP contribution in [0, 0.1) is 0 Å². The molecule has 2 aliphatic rings. The molecule has 1 unspecified atom stereocenters. The summed E-state index contributed by atoms with van der Waals surface area (Å²) in [5.74, 6) is -0.220. The summed E-state index contributed by atoms with van der Waals surface area (Å²) in [6, 6.07) is 0. The number of morpholine rings is 1. The van der Waals surface area contributed by atoms with Gasteiger partial charge in [-0.3, -0.25) is 4.79 Å². The molecule has 0 spiro atoms. The highest BCUT2D eigenvalue weighted by atomic mass is 19.4. The van der Waals surface area contributed by atoms with Gasteiger partial charge in [-0.15, -0.1) is 0 Å². The third-order valence-corrected chi connectivity index (χ3v) is 4.27. The van der Waals surface area contributed by atoms with Crippen molar-refractivity contribution in [2.24, 2.45) is 0 Å². The number of alkyl halides is 3. The number of aryl methyl sites for hydroxylation is 1. The van der Waals surface area contributed by atoms with E-state index in [0.717, 1.165) is 25.0 Å². The minimum atomic E-state index is -4.50. The lowest BCUT2D eigenvalue weighted by molar-refractivity contribution is -0.267. The Morgan fingerprint density at radius 2 is 2.13 bits per heavy atom. The summed E-state index contributed by atoms with van der Waals surface area (Å²) >= 11 is 0. The maximum atomic E-state index is 13.1. The molecule has 0 bridgehead atoms. The monoisotopic (exact) mass is 331 g/mol. The summed E-state index contributed by atoms with van der Waals surface area (Å²) in [5, 5.41) is 0. The van der Waals surface area contributed by atoms with Gasteiger partial charge in [0.25, 0.3) is 5.91 Å². The van der Waals surface area contributed by atoms with E-state index in [-0.39, 0.29) is 12.4 Å². The van der Waals surface area contributed by atoms with Crippen molar-refractivity contribution in [2.45, 2.75) is 57.5 Å². The fourth-order valence-electron chi connectivity index (χ4n) is 3.26. The van der Waals surface area contributed by atoms with Crippen LogP contribution in [0.5, 0.6) is 0 Å². The van der Waals surface area contributed by atoms with Crippen LogP contribution < -0.4 is 0 Å². The molecule has 0 aliphatic carbocycles. The van der Waals surface area contributed by atoms with Crippen molar-refractivity contribution in [1.82, 2.24) is 14.5 Å². The van der Waals surface area contributed by atoms with Crippen LogP contribution in [0.2, 0.25) is 0 Å². The molecule has 1 fully saturated rings. The Hall–Kier alpha value is -1.57. The van der Waals surface area contributed by atoms with Crippen LogP contribution in [0.15, 0.2) is 6.20 Å². The van der Waals surface area contributed by atoms with Gasteiger partial charge in [0.1, 0.15) is 0 Å². The Morgan fingerprint density at radius 3 is 2.83 bits per heavy atom. The third-order valence-electron chi connectivity index (χ3n) is 4.27. The van der Waals surface area contributed by atoms with Crippen LogP contribution in [0.3, 0.4) is 0 Å². The smallest absolute Gasteiger partial charge is 0.359 e. The number of amides is 1. The molecule has 1 amide bonds. The van der Waals surface area contributed by atoms with Crippen molar-refractivity contribution in [3.8, 4) is 0 Å². The molecule has 1 saturated heterocycles. The molecule has 3 rings (SSSR count). The number of nitrogens with zero attached hydrogens (tertiary/aromatic N) is 3. The molecule has 0 N–H and O–H groups in total. The Balaban J connectivity index is 1.85. The largest absolute Gasteiger partial charge is 0.416 e. The number of carbonyl (C=O) groups is 1. The minimum Gasteiger partial charge on any atom is -0.359 e. The topological polar surface area (TPSA) is 47.4 Å². The van der Waals surface area contributed by atoms with Gasteiger partial charge in [0.05, 0.1) is 12.1 Å². The Labute approximate surface area is 132 Å². The number of imidazole rings is 1. The van der Waals surface area contributed by atoms with Crippen LogP contribution >= 0.6 is 0 Å². The lowest BCUT2D eigenvalue weighted by atomic mass is 10.0. The average molecular weight is 331 g/mol. The molecule has 2 aliphatic heterocycles. The fraction of sp³-hybridized carbons (Fsp3) is 0.733. The van der Waals surface area contributed by atoms with E-state index < -0.39 is 30.3 Å². The van der Waals surface area contributed by atoms with Gasteiger partial charge >= 0.3 is 6.18 Å². The van der Waals surface area contributed by atoms with Crippen LogP contribution in [0.25, 0.3) is 0 Å². The second-order valence-electron chi connectivity index (χ2n) is 6.78. The van der Waals surface area contributed by atoms with E-state index in [1.165, 1.54) is 4.90 Å². The first kappa shape index (κ1) is 16.3. The number of aromatic nitrogens is 2. The molecule has 1 atom stereocenters. The SMILES string of the molecule is CC1(C)CN(C(=O)c2ncc3n2CCCC3)CC(C(F)(F)F)O1. The Bertz CT molecular complexity index is 610. The summed E-state index contributed by atoms with van der Waals surface area (Å²) < 4.78 is 46.1. The van der Waals surface area contributed by atoms with E-state index in [1.54, 1.807) is 20.0 Å². The normalized spacial score (nSPS) is 24.4. The lowest BCUT2D eigenvalue weighted by Gasteiger charge is -2.43. The van der Waals surface area contributed by atoms with E-state index in [2.05, 4.69) is 4.98 Å². The van der Waals surface area contributed by atoms with Gasteiger partial charge in [0.15, 0.2) is 11.9 Å². The molecule has 0 saturated carbocycles. The van der Waals surface area contributed by atoms with E-state index in [0.29, 0.717) is 6.54 Å². The van der Waals surface area contributed by atoms with Crippen molar-refractivity contribution in [3.05, 3.63) is 17.7 Å². The number of hydrogen-bond acceptors (Lipinski definition) is 3. The predicted octanol–water partition coefficient (Wildman–Crippen LogP) is 2.40. The van der Waals surface area contributed by atoms with Crippen molar-refractivity contribution in [3.63, 3.8) is 0 Å². The molecule has 1 aromatic heterocycles. The molecule has 5 nitrogen and oxygen atoms in total. The van der Waals surface area contributed by atoms with Crippen molar-refractivity contribution in [2.75, 3.05) is 13.1 Å². The number of hydrogen-bond donors (Lipinski definition) is 0. The summed E-state index contributed by atoms with van der Waals surface area (Å²) in [5.41, 5.74) is -0.0784. The van der Waals surface area contributed by atoms with Gasteiger partial charge in [-0.25, -0.2) is 4.98 Å². The Kier molecular flexibility index (Phi) is 3.90. The van der Waals surface area contributed by atoms with Gasteiger partial charge in [-0.2, -0.15) is 13.2 Å². The highest BCUT2D eigenvalue weighted by Crippen LogP contribution is 2.32. The van der Waals surface area contributed by atoms with Gasteiger partial charge in [0.2, 0.25) is 0 Å². The molecule has 1 aromatic rings. The highest BCUT2D eigenvalue weighted by Gasteiger charge is 2.49. The highest BCUT2D eigenvalue weighted by molar-refractivity contribution is 5.91. The van der Waals surface area contributed by atoms with Gasteiger partial charge in [-0.05, 0) is 33.1 Å². The summed E-state index contributed by atoms with van der Waals surface area (Å²) in [4.78, 5) is 18.1.